The van der Waals surface area contributed by atoms with Gasteiger partial charge in [-0.15, -0.1) is 0 Å². The highest BCUT2D eigenvalue weighted by Gasteiger charge is 2.67. The molecule has 262 valence electrons. The van der Waals surface area contributed by atoms with Crippen LogP contribution in [0.3, 0.4) is 0 Å². The summed E-state index contributed by atoms with van der Waals surface area (Å²) in [6.45, 7) is 12.7. The summed E-state index contributed by atoms with van der Waals surface area (Å²) < 4.78 is 23.3. The summed E-state index contributed by atoms with van der Waals surface area (Å²) in [5.74, 6) is -6.47. The minimum absolute atomic E-state index is 0.0339. The molecule has 8 atom stereocenters. The highest BCUT2D eigenvalue weighted by atomic mass is 16.6. The van der Waals surface area contributed by atoms with Crippen molar-refractivity contribution in [3.05, 3.63) is 90.3 Å². The molecule has 12 heteroatoms. The maximum Gasteiger partial charge on any atom is 0.340 e. The van der Waals surface area contributed by atoms with Crippen LogP contribution in [0.25, 0.3) is 0 Å². The number of esters is 4. The lowest BCUT2D eigenvalue weighted by Crippen LogP contribution is -2.55. The molecular formula is C37H43NO11. The van der Waals surface area contributed by atoms with Crippen LogP contribution in [0.4, 0.5) is 0 Å². The Hall–Kier alpha value is -4.68. The fourth-order valence-corrected chi connectivity index (χ4v) is 6.75. The van der Waals surface area contributed by atoms with Gasteiger partial charge in [0.1, 0.15) is 35.6 Å². The number of benzene rings is 1. The average Bonchev–Trinajstić information content (AvgIpc) is 3.24. The number of pyridine rings is 1. The summed E-state index contributed by atoms with van der Waals surface area (Å²) in [4.78, 5) is 70.1. The number of carbonyl (C=O) groups is 5. The third-order valence-corrected chi connectivity index (χ3v) is 9.02. The van der Waals surface area contributed by atoms with Crippen molar-refractivity contribution >= 4 is 29.7 Å². The number of aliphatic hydroxyl groups is 2. The number of ketones is 1. The van der Waals surface area contributed by atoms with Crippen LogP contribution in [0.15, 0.2) is 79.2 Å². The average molecular weight is 678 g/mol. The zero-order valence-electron chi connectivity index (χ0n) is 28.5. The number of aromatic nitrogens is 1. The first-order chi connectivity index (χ1) is 22.9. The minimum Gasteiger partial charge on any atom is -0.458 e. The number of Topliss-reactive ketones (excluding diaryl/α,β-unsaturated/α-hetero) is 1. The van der Waals surface area contributed by atoms with Crippen LogP contribution in [0, 0.1) is 17.3 Å². The van der Waals surface area contributed by atoms with Gasteiger partial charge in [0.15, 0.2) is 5.78 Å². The van der Waals surface area contributed by atoms with Crippen molar-refractivity contribution in [2.24, 2.45) is 17.3 Å². The molecule has 0 amide bonds. The van der Waals surface area contributed by atoms with Gasteiger partial charge in [-0.25, -0.2) is 9.59 Å². The van der Waals surface area contributed by atoms with Crippen LogP contribution in [-0.2, 0) is 33.3 Å². The van der Waals surface area contributed by atoms with Gasteiger partial charge >= 0.3 is 23.9 Å². The topological polar surface area (TPSA) is 176 Å². The van der Waals surface area contributed by atoms with Crippen LogP contribution in [0.2, 0.25) is 0 Å². The molecule has 49 heavy (non-hydrogen) atoms. The Kier molecular flexibility index (Phi) is 10.9. The summed E-state index contributed by atoms with van der Waals surface area (Å²) in [6, 6.07) is 11.0. The summed E-state index contributed by atoms with van der Waals surface area (Å²) >= 11 is 0. The molecule has 1 heterocycles. The Bertz CT molecular complexity index is 1620. The molecule has 2 aromatic rings. The maximum atomic E-state index is 14.3. The first-order valence-electron chi connectivity index (χ1n) is 15.9. The first kappa shape index (κ1) is 37.1. The molecule has 0 aliphatic heterocycles. The van der Waals surface area contributed by atoms with E-state index in [1.54, 1.807) is 44.2 Å². The second-order valence-corrected chi connectivity index (χ2v) is 13.6. The van der Waals surface area contributed by atoms with Crippen molar-refractivity contribution in [1.29, 1.82) is 0 Å². The first-order valence-corrected chi connectivity index (χ1v) is 15.9. The quantitative estimate of drug-likeness (QED) is 0.256. The normalized spacial score (nSPS) is 31.3. The Balaban J connectivity index is 1.89. The lowest BCUT2D eigenvalue weighted by Gasteiger charge is -2.41. The summed E-state index contributed by atoms with van der Waals surface area (Å²) in [5, 5.41) is 24.1. The van der Waals surface area contributed by atoms with Crippen molar-refractivity contribution in [2.45, 2.75) is 90.0 Å². The van der Waals surface area contributed by atoms with Crippen molar-refractivity contribution in [3.8, 4) is 0 Å². The van der Waals surface area contributed by atoms with Gasteiger partial charge in [-0.1, -0.05) is 57.7 Å². The number of fused-ring (bicyclic) bond motifs is 1. The van der Waals surface area contributed by atoms with Crippen LogP contribution in [-0.4, -0.2) is 80.5 Å². The highest BCUT2D eigenvalue weighted by molar-refractivity contribution is 5.93. The maximum absolute atomic E-state index is 14.3. The Morgan fingerprint density at radius 2 is 1.45 bits per heavy atom. The molecule has 1 fully saturated rings. The standard InChI is InChI=1S/C37H43NO11/c1-21-15-16-35(5,6)31(48-34(43)26-14-11-17-38-19-26)27(46-23(3)39)18-22(2)29(47-24(4)40)28-32(36(7,44)20-37(28,45)30(21)41)49-33(42)25-12-9-8-10-13-25/h8-17,19,21,27-29,31-32,44-45H,2,18,20H2,1,3-7H3/t21-,27+,28-,29-,31-,32-,36-,37-/m1/s1. The second kappa shape index (κ2) is 14.4. The van der Waals surface area contributed by atoms with Crippen LogP contribution < -0.4 is 0 Å². The fourth-order valence-electron chi connectivity index (χ4n) is 6.75. The van der Waals surface area contributed by atoms with Crippen LogP contribution in [0.5, 0.6) is 0 Å². The molecule has 0 unspecified atom stereocenters. The predicted octanol–water partition coefficient (Wildman–Crippen LogP) is 3.95. The Morgan fingerprint density at radius 1 is 0.857 bits per heavy atom. The van der Waals surface area contributed by atoms with Gasteiger partial charge in [-0.3, -0.25) is 19.4 Å². The lowest BCUT2D eigenvalue weighted by molar-refractivity contribution is -0.167. The SMILES string of the molecule is C=C1C[C@H](OC(C)=O)[C@@H](OC(=O)c2cccnc2)C(C)(C)C=C[C@@H](C)C(=O)[C@@]2(O)C[C@@](C)(O)[C@H](OC(=O)c3ccccc3)[C@H]2[C@@H]1OC(C)=O. The molecule has 2 N–H and O–H groups in total. The van der Waals surface area contributed by atoms with E-state index in [4.69, 9.17) is 18.9 Å². The van der Waals surface area contributed by atoms with E-state index in [2.05, 4.69) is 11.6 Å². The largest absolute Gasteiger partial charge is 0.458 e. The minimum atomic E-state index is -2.40. The van der Waals surface area contributed by atoms with E-state index in [-0.39, 0.29) is 23.1 Å². The number of hydrogen-bond donors (Lipinski definition) is 2. The second-order valence-electron chi connectivity index (χ2n) is 13.6. The zero-order valence-corrected chi connectivity index (χ0v) is 28.5. The number of allylic oxidation sites excluding steroid dienone is 1. The molecule has 1 aromatic carbocycles. The molecule has 0 saturated heterocycles. The molecule has 1 aromatic heterocycles. The van der Waals surface area contributed by atoms with E-state index in [0.717, 1.165) is 6.92 Å². The number of carbonyl (C=O) groups excluding carboxylic acids is 5. The van der Waals surface area contributed by atoms with E-state index in [9.17, 15) is 34.2 Å². The van der Waals surface area contributed by atoms with E-state index in [1.807, 2.05) is 0 Å². The van der Waals surface area contributed by atoms with Crippen molar-refractivity contribution < 1.29 is 53.1 Å². The van der Waals surface area contributed by atoms with Gasteiger partial charge in [0, 0.05) is 50.4 Å². The van der Waals surface area contributed by atoms with E-state index in [0.29, 0.717) is 0 Å². The molecule has 0 spiro atoms. The zero-order chi connectivity index (χ0) is 36.3. The lowest BCUT2D eigenvalue weighted by atomic mass is 9.73. The third kappa shape index (κ3) is 8.14. The molecular weight excluding hydrogens is 634 g/mol. The van der Waals surface area contributed by atoms with Gasteiger partial charge in [0.05, 0.1) is 17.0 Å². The molecule has 1 saturated carbocycles. The fraction of sp³-hybridized carbons (Fsp3) is 0.459. The van der Waals surface area contributed by atoms with Crippen molar-refractivity contribution in [3.63, 3.8) is 0 Å². The van der Waals surface area contributed by atoms with E-state index >= 15 is 0 Å². The van der Waals surface area contributed by atoms with Gasteiger partial charge in [-0.05, 0) is 36.8 Å². The monoisotopic (exact) mass is 677 g/mol. The smallest absolute Gasteiger partial charge is 0.340 e. The molecule has 2 aliphatic carbocycles. The summed E-state index contributed by atoms with van der Waals surface area (Å²) in [5.41, 5.74) is -5.17. The number of rotatable bonds is 6. The number of hydrogen-bond acceptors (Lipinski definition) is 12. The molecule has 0 bridgehead atoms. The molecule has 0 radical (unpaired) electrons. The summed E-state index contributed by atoms with van der Waals surface area (Å²) in [6.07, 6.45) is -0.464. The Labute approximate surface area is 285 Å². The van der Waals surface area contributed by atoms with Gasteiger partial charge in [-0.2, -0.15) is 0 Å². The van der Waals surface area contributed by atoms with E-state index in [1.165, 1.54) is 57.4 Å². The van der Waals surface area contributed by atoms with Crippen molar-refractivity contribution in [2.75, 3.05) is 0 Å². The predicted molar refractivity (Wildman–Crippen MR) is 175 cm³/mol. The van der Waals surface area contributed by atoms with Crippen molar-refractivity contribution in [1.82, 2.24) is 4.98 Å². The number of ether oxygens (including phenoxy) is 4. The van der Waals surface area contributed by atoms with Gasteiger partial charge in [0.25, 0.3) is 0 Å². The molecule has 4 rings (SSSR count). The third-order valence-electron chi connectivity index (χ3n) is 9.02. The van der Waals surface area contributed by atoms with Crippen LogP contribution in [0.1, 0.15) is 75.1 Å². The summed E-state index contributed by atoms with van der Waals surface area (Å²) in [7, 11) is 0. The Morgan fingerprint density at radius 3 is 2.04 bits per heavy atom. The highest BCUT2D eigenvalue weighted by Crippen LogP contribution is 2.50. The van der Waals surface area contributed by atoms with E-state index < -0.39 is 89.0 Å². The number of nitrogens with zero attached hydrogens (tertiary/aromatic N) is 1. The molecule has 2 aliphatic rings. The van der Waals surface area contributed by atoms with Crippen LogP contribution >= 0.6 is 0 Å². The van der Waals surface area contributed by atoms with Gasteiger partial charge in [0.2, 0.25) is 0 Å². The molecule has 12 nitrogen and oxygen atoms in total. The van der Waals surface area contributed by atoms with Gasteiger partial charge < -0.3 is 29.2 Å².